The highest BCUT2D eigenvalue weighted by molar-refractivity contribution is 5.89. The maximum Gasteiger partial charge on any atom is 0.414 e. The summed E-state index contributed by atoms with van der Waals surface area (Å²) in [4.78, 5) is 12.6. The number of hydrogen-bond donors (Lipinski definition) is 1. The highest BCUT2D eigenvalue weighted by Crippen LogP contribution is 2.30. The van der Waals surface area contributed by atoms with Gasteiger partial charge in [-0.25, -0.2) is 13.6 Å². The number of carbonyl (C=O) groups is 1. The molecule has 1 unspecified atom stereocenters. The van der Waals surface area contributed by atoms with Crippen molar-refractivity contribution in [1.29, 1.82) is 0 Å². The molecule has 1 aromatic carbocycles. The first-order valence-corrected chi connectivity index (χ1v) is 5.76. The Morgan fingerprint density at radius 3 is 2.60 bits per heavy atom. The largest absolute Gasteiger partial charge is 0.461 e. The number of anilines is 1. The normalized spacial score (nSPS) is 18.3. The Bertz CT molecular complexity index is 488. The van der Waals surface area contributed by atoms with Crippen LogP contribution in [0.1, 0.15) is 0 Å². The SMILES string of the molecule is COCOc1c(F)cc(N2CC(CO)OC2=O)cc1F. The van der Waals surface area contributed by atoms with Gasteiger partial charge in [0.15, 0.2) is 24.2 Å². The molecule has 2 rings (SSSR count). The van der Waals surface area contributed by atoms with Gasteiger partial charge in [0.25, 0.3) is 0 Å². The van der Waals surface area contributed by atoms with Crippen molar-refractivity contribution in [3.05, 3.63) is 23.8 Å². The summed E-state index contributed by atoms with van der Waals surface area (Å²) in [5, 5.41) is 8.91. The number of benzene rings is 1. The number of ether oxygens (including phenoxy) is 3. The van der Waals surface area contributed by atoms with E-state index < -0.39 is 29.6 Å². The van der Waals surface area contributed by atoms with Crippen molar-refractivity contribution in [2.24, 2.45) is 0 Å². The molecule has 0 saturated carbocycles. The Labute approximate surface area is 113 Å². The lowest BCUT2D eigenvalue weighted by molar-refractivity contribution is 0.0452. The summed E-state index contributed by atoms with van der Waals surface area (Å²) in [6.45, 7) is -0.639. The van der Waals surface area contributed by atoms with E-state index in [-0.39, 0.29) is 25.6 Å². The second kappa shape index (κ2) is 6.02. The van der Waals surface area contributed by atoms with Crippen LogP contribution in [0, 0.1) is 11.6 Å². The molecule has 1 amide bonds. The van der Waals surface area contributed by atoms with Crippen LogP contribution in [0.15, 0.2) is 12.1 Å². The zero-order valence-corrected chi connectivity index (χ0v) is 10.6. The fraction of sp³-hybridized carbons (Fsp3) is 0.417. The minimum Gasteiger partial charge on any atom is -0.461 e. The lowest BCUT2D eigenvalue weighted by Crippen LogP contribution is -2.25. The number of nitrogens with zero attached hydrogens (tertiary/aromatic N) is 1. The molecule has 0 aromatic heterocycles. The van der Waals surface area contributed by atoms with Crippen molar-refractivity contribution >= 4 is 11.8 Å². The molecule has 6 nitrogen and oxygen atoms in total. The van der Waals surface area contributed by atoms with E-state index >= 15 is 0 Å². The third kappa shape index (κ3) is 2.81. The van der Waals surface area contributed by atoms with Crippen molar-refractivity contribution in [2.45, 2.75) is 6.10 Å². The number of halogens is 2. The molecule has 1 atom stereocenters. The van der Waals surface area contributed by atoms with Crippen LogP contribution in [0.2, 0.25) is 0 Å². The maximum atomic E-state index is 13.7. The van der Waals surface area contributed by atoms with Crippen LogP contribution in [0.5, 0.6) is 5.75 Å². The molecule has 1 fully saturated rings. The molecule has 110 valence electrons. The van der Waals surface area contributed by atoms with Gasteiger partial charge in [0.2, 0.25) is 0 Å². The van der Waals surface area contributed by atoms with Gasteiger partial charge in [-0.15, -0.1) is 0 Å². The molecule has 1 aromatic rings. The van der Waals surface area contributed by atoms with Gasteiger partial charge >= 0.3 is 6.09 Å². The molecular formula is C12H13F2NO5. The van der Waals surface area contributed by atoms with Crippen molar-refractivity contribution in [1.82, 2.24) is 0 Å². The second-order valence-corrected chi connectivity index (χ2v) is 4.09. The van der Waals surface area contributed by atoms with Crippen molar-refractivity contribution in [3.8, 4) is 5.75 Å². The van der Waals surface area contributed by atoms with E-state index in [1.165, 1.54) is 7.11 Å². The zero-order chi connectivity index (χ0) is 14.7. The number of cyclic esters (lactones) is 1. The van der Waals surface area contributed by atoms with E-state index in [1.54, 1.807) is 0 Å². The number of carbonyl (C=O) groups excluding carboxylic acids is 1. The Hall–Kier alpha value is -1.93. The minimum atomic E-state index is -0.961. The van der Waals surface area contributed by atoms with Crippen molar-refractivity contribution in [2.75, 3.05) is 32.0 Å². The quantitative estimate of drug-likeness (QED) is 0.827. The van der Waals surface area contributed by atoms with Crippen LogP contribution < -0.4 is 9.64 Å². The molecule has 0 aliphatic carbocycles. The minimum absolute atomic E-state index is 0.00860. The van der Waals surface area contributed by atoms with Crippen LogP contribution in [0.25, 0.3) is 0 Å². The first-order chi connectivity index (χ1) is 9.56. The van der Waals surface area contributed by atoms with E-state index in [4.69, 9.17) is 14.6 Å². The average molecular weight is 289 g/mol. The van der Waals surface area contributed by atoms with Crippen LogP contribution >= 0.6 is 0 Å². The third-order valence-corrected chi connectivity index (χ3v) is 2.69. The molecule has 8 heteroatoms. The topological polar surface area (TPSA) is 68.2 Å². The van der Waals surface area contributed by atoms with Crippen molar-refractivity contribution < 1.29 is 32.9 Å². The molecule has 1 heterocycles. The van der Waals surface area contributed by atoms with Crippen LogP contribution in [-0.4, -0.2) is 44.4 Å². The lowest BCUT2D eigenvalue weighted by Gasteiger charge is -2.15. The Morgan fingerprint density at radius 2 is 2.10 bits per heavy atom. The van der Waals surface area contributed by atoms with Crippen molar-refractivity contribution in [3.63, 3.8) is 0 Å². The first-order valence-electron chi connectivity index (χ1n) is 5.76. The summed E-state index contributed by atoms with van der Waals surface area (Å²) < 4.78 is 41.6. The van der Waals surface area contributed by atoms with Gasteiger partial charge in [-0.3, -0.25) is 4.90 Å². The molecule has 20 heavy (non-hydrogen) atoms. The Kier molecular flexibility index (Phi) is 4.35. The van der Waals surface area contributed by atoms with E-state index in [0.717, 1.165) is 17.0 Å². The smallest absolute Gasteiger partial charge is 0.414 e. The molecule has 1 aliphatic heterocycles. The van der Waals surface area contributed by atoms with E-state index in [9.17, 15) is 13.6 Å². The Balaban J connectivity index is 2.24. The second-order valence-electron chi connectivity index (χ2n) is 4.09. The monoisotopic (exact) mass is 289 g/mol. The zero-order valence-electron chi connectivity index (χ0n) is 10.6. The van der Waals surface area contributed by atoms with Gasteiger partial charge in [0, 0.05) is 19.2 Å². The van der Waals surface area contributed by atoms with E-state index in [0.29, 0.717) is 0 Å². The van der Waals surface area contributed by atoms with E-state index in [2.05, 4.69) is 4.74 Å². The fourth-order valence-electron chi connectivity index (χ4n) is 1.79. The van der Waals surface area contributed by atoms with Gasteiger partial charge in [0.1, 0.15) is 6.10 Å². The maximum absolute atomic E-state index is 13.7. The molecule has 1 N–H and O–H groups in total. The summed E-state index contributed by atoms with van der Waals surface area (Å²) in [6.07, 6.45) is -1.48. The fourth-order valence-corrected chi connectivity index (χ4v) is 1.79. The van der Waals surface area contributed by atoms with Gasteiger partial charge in [-0.2, -0.15) is 0 Å². The highest BCUT2D eigenvalue weighted by Gasteiger charge is 2.32. The molecule has 0 spiro atoms. The number of methoxy groups -OCH3 is 1. The number of aliphatic hydroxyl groups excluding tert-OH is 1. The van der Waals surface area contributed by atoms with Gasteiger partial charge in [0.05, 0.1) is 18.8 Å². The molecule has 1 saturated heterocycles. The van der Waals surface area contributed by atoms with Crippen LogP contribution in [0.4, 0.5) is 19.3 Å². The van der Waals surface area contributed by atoms with Crippen LogP contribution in [-0.2, 0) is 9.47 Å². The van der Waals surface area contributed by atoms with Gasteiger partial charge < -0.3 is 19.3 Å². The first kappa shape index (κ1) is 14.5. The molecule has 0 radical (unpaired) electrons. The predicted molar refractivity (Wildman–Crippen MR) is 63.6 cm³/mol. The van der Waals surface area contributed by atoms with E-state index in [1.807, 2.05) is 0 Å². The number of amides is 1. The average Bonchev–Trinajstić information content (AvgIpc) is 2.79. The summed E-state index contributed by atoms with van der Waals surface area (Å²) in [7, 11) is 1.32. The molecule has 0 bridgehead atoms. The molecular weight excluding hydrogens is 276 g/mol. The van der Waals surface area contributed by atoms with Gasteiger partial charge in [-0.1, -0.05) is 0 Å². The standard InChI is InChI=1S/C12H13F2NO5/c1-18-6-19-11-9(13)2-7(3-10(11)14)15-4-8(5-16)20-12(15)17/h2-3,8,16H,4-6H2,1H3. The Morgan fingerprint density at radius 1 is 1.45 bits per heavy atom. The summed E-state index contributed by atoms with van der Waals surface area (Å²) in [5.74, 6) is -2.50. The third-order valence-electron chi connectivity index (χ3n) is 2.69. The number of aliphatic hydroxyl groups is 1. The van der Waals surface area contributed by atoms with Gasteiger partial charge in [-0.05, 0) is 0 Å². The summed E-state index contributed by atoms with van der Waals surface area (Å²) >= 11 is 0. The number of rotatable bonds is 5. The predicted octanol–water partition coefficient (Wildman–Crippen LogP) is 1.27. The summed E-state index contributed by atoms with van der Waals surface area (Å²) in [5.41, 5.74) is -0.00860. The van der Waals surface area contributed by atoms with Crippen LogP contribution in [0.3, 0.4) is 0 Å². The highest BCUT2D eigenvalue weighted by atomic mass is 19.1. The number of hydrogen-bond acceptors (Lipinski definition) is 5. The summed E-state index contributed by atoms with van der Waals surface area (Å²) in [6, 6.07) is 1.91. The molecule has 1 aliphatic rings. The lowest BCUT2D eigenvalue weighted by atomic mass is 10.2.